The first kappa shape index (κ1) is 21.7. The van der Waals surface area contributed by atoms with Crippen molar-refractivity contribution in [2.75, 3.05) is 11.9 Å². The molecule has 0 aliphatic heterocycles. The number of nitro groups is 1. The maximum absolute atomic E-state index is 12.8. The van der Waals surface area contributed by atoms with Crippen LogP contribution in [0.25, 0.3) is 0 Å². The van der Waals surface area contributed by atoms with Crippen LogP contribution in [0, 0.1) is 10.1 Å². The summed E-state index contributed by atoms with van der Waals surface area (Å²) in [4.78, 5) is 47.6. The van der Waals surface area contributed by atoms with Crippen molar-refractivity contribution in [2.45, 2.75) is 0 Å². The van der Waals surface area contributed by atoms with Crippen molar-refractivity contribution in [1.82, 2.24) is 0 Å². The SMILES string of the molecule is O=C(COC(=O)c1ccccc1[N+](=O)[O-])Nc1ccc(Cl)cc1C(=O)c1ccccc1. The number of esters is 1. The fourth-order valence-electron chi connectivity index (χ4n) is 2.76. The van der Waals surface area contributed by atoms with Gasteiger partial charge in [-0.25, -0.2) is 4.79 Å². The van der Waals surface area contributed by atoms with Gasteiger partial charge in [0.15, 0.2) is 12.4 Å². The average Bonchev–Trinajstić information content (AvgIpc) is 2.78. The Labute approximate surface area is 181 Å². The van der Waals surface area contributed by atoms with E-state index in [9.17, 15) is 24.5 Å². The molecule has 3 aromatic rings. The number of hydrogen-bond donors (Lipinski definition) is 1. The number of halogens is 1. The first-order valence-electron chi connectivity index (χ1n) is 8.96. The summed E-state index contributed by atoms with van der Waals surface area (Å²) in [5.41, 5.74) is 0.0539. The Balaban J connectivity index is 1.72. The van der Waals surface area contributed by atoms with E-state index in [-0.39, 0.29) is 22.6 Å². The van der Waals surface area contributed by atoms with E-state index in [2.05, 4.69) is 5.32 Å². The highest BCUT2D eigenvalue weighted by atomic mass is 35.5. The minimum absolute atomic E-state index is 0.164. The van der Waals surface area contributed by atoms with Gasteiger partial charge in [-0.1, -0.05) is 54.1 Å². The number of carbonyl (C=O) groups is 3. The first-order chi connectivity index (χ1) is 14.9. The van der Waals surface area contributed by atoms with Gasteiger partial charge in [0.2, 0.25) is 0 Å². The Kier molecular flexibility index (Phi) is 6.74. The van der Waals surface area contributed by atoms with Crippen LogP contribution < -0.4 is 5.32 Å². The molecule has 0 saturated heterocycles. The molecule has 3 rings (SSSR count). The number of nitrogens with zero attached hydrogens (tertiary/aromatic N) is 1. The third-order valence-electron chi connectivity index (χ3n) is 4.19. The molecule has 0 aliphatic carbocycles. The molecule has 0 radical (unpaired) electrons. The van der Waals surface area contributed by atoms with Crippen molar-refractivity contribution in [3.63, 3.8) is 0 Å². The number of para-hydroxylation sites is 1. The molecule has 156 valence electrons. The summed E-state index contributed by atoms with van der Waals surface area (Å²) in [7, 11) is 0. The lowest BCUT2D eigenvalue weighted by atomic mass is 10.0. The fraction of sp³-hybridized carbons (Fsp3) is 0.0455. The van der Waals surface area contributed by atoms with Gasteiger partial charge in [-0.3, -0.25) is 19.7 Å². The highest BCUT2D eigenvalue weighted by Gasteiger charge is 2.22. The van der Waals surface area contributed by atoms with E-state index in [0.29, 0.717) is 10.6 Å². The summed E-state index contributed by atoms with van der Waals surface area (Å²) in [6, 6.07) is 18.1. The summed E-state index contributed by atoms with van der Waals surface area (Å²) in [6.07, 6.45) is 0. The lowest BCUT2D eigenvalue weighted by Crippen LogP contribution is -2.22. The zero-order valence-electron chi connectivity index (χ0n) is 15.9. The molecule has 3 aromatic carbocycles. The Morgan fingerprint density at radius 2 is 1.61 bits per heavy atom. The van der Waals surface area contributed by atoms with Crippen LogP contribution in [0.15, 0.2) is 72.8 Å². The summed E-state index contributed by atoms with van der Waals surface area (Å²) in [5.74, 6) is -2.09. The highest BCUT2D eigenvalue weighted by molar-refractivity contribution is 6.31. The molecule has 8 nitrogen and oxygen atoms in total. The van der Waals surface area contributed by atoms with Crippen LogP contribution in [0.5, 0.6) is 0 Å². The van der Waals surface area contributed by atoms with Crippen LogP contribution in [0.1, 0.15) is 26.3 Å². The van der Waals surface area contributed by atoms with Gasteiger partial charge in [0.25, 0.3) is 11.6 Å². The van der Waals surface area contributed by atoms with E-state index in [4.69, 9.17) is 16.3 Å². The Morgan fingerprint density at radius 3 is 2.32 bits per heavy atom. The number of rotatable bonds is 7. The maximum Gasteiger partial charge on any atom is 0.345 e. The van der Waals surface area contributed by atoms with Crippen molar-refractivity contribution in [3.05, 3.63) is 105 Å². The minimum Gasteiger partial charge on any atom is -0.452 e. The van der Waals surface area contributed by atoms with Gasteiger partial charge in [-0.05, 0) is 24.3 Å². The Morgan fingerprint density at radius 1 is 0.935 bits per heavy atom. The van der Waals surface area contributed by atoms with Crippen molar-refractivity contribution in [3.8, 4) is 0 Å². The second-order valence-electron chi connectivity index (χ2n) is 6.28. The Bertz CT molecular complexity index is 1160. The maximum atomic E-state index is 12.8. The molecule has 0 heterocycles. The van der Waals surface area contributed by atoms with Gasteiger partial charge in [-0.2, -0.15) is 0 Å². The van der Waals surface area contributed by atoms with E-state index in [1.807, 2.05) is 0 Å². The van der Waals surface area contributed by atoms with Gasteiger partial charge < -0.3 is 10.1 Å². The summed E-state index contributed by atoms with van der Waals surface area (Å²) in [5, 5.41) is 13.8. The van der Waals surface area contributed by atoms with Crippen molar-refractivity contribution >= 4 is 40.6 Å². The number of anilines is 1. The number of carbonyl (C=O) groups excluding carboxylic acids is 3. The summed E-state index contributed by atoms with van der Waals surface area (Å²) in [6.45, 7) is -0.702. The number of nitrogens with one attached hydrogen (secondary N) is 1. The van der Waals surface area contributed by atoms with E-state index in [1.165, 1.54) is 36.4 Å². The van der Waals surface area contributed by atoms with E-state index >= 15 is 0 Å². The molecule has 1 amide bonds. The standard InChI is InChI=1S/C22H15ClN2O6/c23-15-10-11-18(17(12-15)21(27)14-6-2-1-3-7-14)24-20(26)13-31-22(28)16-8-4-5-9-19(16)25(29)30/h1-12H,13H2,(H,24,26). The number of hydrogen-bond acceptors (Lipinski definition) is 6. The number of benzene rings is 3. The molecule has 0 aromatic heterocycles. The number of ether oxygens (including phenoxy) is 1. The summed E-state index contributed by atoms with van der Waals surface area (Å²) < 4.78 is 4.90. The van der Waals surface area contributed by atoms with E-state index in [0.717, 1.165) is 6.07 Å². The van der Waals surface area contributed by atoms with E-state index in [1.54, 1.807) is 30.3 Å². The second-order valence-corrected chi connectivity index (χ2v) is 6.72. The predicted octanol–water partition coefficient (Wildman–Crippen LogP) is 4.27. The lowest BCUT2D eigenvalue weighted by molar-refractivity contribution is -0.385. The molecule has 0 saturated carbocycles. The molecule has 0 bridgehead atoms. The molecule has 9 heteroatoms. The quantitative estimate of drug-likeness (QED) is 0.255. The smallest absolute Gasteiger partial charge is 0.345 e. The van der Waals surface area contributed by atoms with Crippen molar-refractivity contribution in [1.29, 1.82) is 0 Å². The van der Waals surface area contributed by atoms with Gasteiger partial charge >= 0.3 is 5.97 Å². The monoisotopic (exact) mass is 438 g/mol. The van der Waals surface area contributed by atoms with Crippen molar-refractivity contribution in [2.24, 2.45) is 0 Å². The van der Waals surface area contributed by atoms with Crippen LogP contribution in [-0.2, 0) is 9.53 Å². The third-order valence-corrected chi connectivity index (χ3v) is 4.43. The molecular weight excluding hydrogens is 424 g/mol. The molecule has 0 fully saturated rings. The van der Waals surface area contributed by atoms with Gasteiger partial charge in [0.05, 0.1) is 10.6 Å². The Hall–Kier alpha value is -4.04. The summed E-state index contributed by atoms with van der Waals surface area (Å²) >= 11 is 6.01. The van der Waals surface area contributed by atoms with Crippen LogP contribution in [-0.4, -0.2) is 29.2 Å². The first-order valence-corrected chi connectivity index (χ1v) is 9.34. The molecule has 1 N–H and O–H groups in total. The highest BCUT2D eigenvalue weighted by Crippen LogP contribution is 2.24. The normalized spacial score (nSPS) is 10.2. The largest absolute Gasteiger partial charge is 0.452 e. The van der Waals surface area contributed by atoms with Crippen LogP contribution in [0.3, 0.4) is 0 Å². The fourth-order valence-corrected chi connectivity index (χ4v) is 2.93. The van der Waals surface area contributed by atoms with E-state index < -0.39 is 29.1 Å². The zero-order chi connectivity index (χ0) is 22.4. The van der Waals surface area contributed by atoms with Crippen LogP contribution in [0.4, 0.5) is 11.4 Å². The average molecular weight is 439 g/mol. The number of nitro benzene ring substituents is 1. The van der Waals surface area contributed by atoms with Crippen molar-refractivity contribution < 1.29 is 24.0 Å². The number of amides is 1. The zero-order valence-corrected chi connectivity index (χ0v) is 16.7. The topological polar surface area (TPSA) is 116 Å². The molecule has 0 unspecified atom stereocenters. The molecule has 0 spiro atoms. The van der Waals surface area contributed by atoms with Gasteiger partial charge in [0, 0.05) is 22.2 Å². The molecule has 0 atom stereocenters. The second kappa shape index (κ2) is 9.64. The predicted molar refractivity (Wildman–Crippen MR) is 113 cm³/mol. The number of ketones is 1. The molecule has 0 aliphatic rings. The van der Waals surface area contributed by atoms with Crippen LogP contribution in [0.2, 0.25) is 5.02 Å². The molecular formula is C22H15ClN2O6. The molecule has 31 heavy (non-hydrogen) atoms. The minimum atomic E-state index is -1.01. The van der Waals surface area contributed by atoms with Gasteiger partial charge in [0.1, 0.15) is 5.56 Å². The van der Waals surface area contributed by atoms with Gasteiger partial charge in [-0.15, -0.1) is 0 Å². The van der Waals surface area contributed by atoms with Crippen LogP contribution >= 0.6 is 11.6 Å². The third kappa shape index (κ3) is 5.31. The lowest BCUT2D eigenvalue weighted by Gasteiger charge is -2.11.